The van der Waals surface area contributed by atoms with E-state index in [-0.39, 0.29) is 48.7 Å². The molecule has 47 heavy (non-hydrogen) atoms. The fourth-order valence-electron chi connectivity index (χ4n) is 5.09. The molecule has 0 aliphatic carbocycles. The highest BCUT2D eigenvalue weighted by Gasteiger charge is 2.48. The number of rotatable bonds is 17. The number of aliphatic imine (C=N–C) groups is 1. The van der Waals surface area contributed by atoms with Crippen LogP contribution in [0.3, 0.4) is 0 Å². The molecule has 4 heterocycles. The predicted octanol–water partition coefficient (Wildman–Crippen LogP) is -1.09. The van der Waals surface area contributed by atoms with Crippen molar-refractivity contribution in [2.45, 2.75) is 93.5 Å². The van der Waals surface area contributed by atoms with Gasteiger partial charge in [0, 0.05) is 24.8 Å². The van der Waals surface area contributed by atoms with Gasteiger partial charge in [0.15, 0.2) is 23.5 Å². The first kappa shape index (κ1) is 37.5. The summed E-state index contributed by atoms with van der Waals surface area (Å²) in [4.78, 5) is 50.8. The summed E-state index contributed by atoms with van der Waals surface area (Å²) >= 11 is 0. The molecule has 264 valence electrons. The van der Waals surface area contributed by atoms with Gasteiger partial charge in [-0.05, 0) is 19.3 Å². The summed E-state index contributed by atoms with van der Waals surface area (Å²) in [5, 5.41) is 58.4. The van der Waals surface area contributed by atoms with E-state index in [9.17, 15) is 48.9 Å². The molecule has 21 nitrogen and oxygen atoms in total. The largest absolute Gasteiger partial charge is 0.481 e. The van der Waals surface area contributed by atoms with E-state index in [2.05, 4.69) is 18.8 Å². The summed E-state index contributed by atoms with van der Waals surface area (Å²) in [6.07, 6.45) is -7.96. The summed E-state index contributed by atoms with van der Waals surface area (Å²) in [5.74, 6) is -1.39. The van der Waals surface area contributed by atoms with Gasteiger partial charge in [0.1, 0.15) is 42.7 Å². The maximum Gasteiger partial charge on any atom is 0.481 e. The molecule has 4 unspecified atom stereocenters. The van der Waals surface area contributed by atoms with Crippen LogP contribution < -0.4 is 5.73 Å². The molecule has 1 aromatic heterocycles. The quantitative estimate of drug-likeness (QED) is 0.0526. The second-order valence-electron chi connectivity index (χ2n) is 11.1. The molecule has 4 rings (SSSR count). The summed E-state index contributed by atoms with van der Waals surface area (Å²) in [6.45, 7) is -1.81. The highest BCUT2D eigenvalue weighted by Crippen LogP contribution is 2.60. The number of hydrogen-bond donors (Lipinski definition) is 9. The number of aromatic nitrogens is 2. The maximum atomic E-state index is 12.4. The van der Waals surface area contributed by atoms with E-state index in [1.54, 1.807) is 0 Å². The van der Waals surface area contributed by atoms with Crippen molar-refractivity contribution in [2.75, 3.05) is 13.2 Å². The number of aliphatic hydroxyl groups excluding tert-OH is 4. The van der Waals surface area contributed by atoms with E-state index in [4.69, 9.17) is 30.2 Å². The number of ketones is 1. The number of Topliss-reactive ketones (excluding diaryl/α,β-unsaturated/α-hetero) is 1. The summed E-state index contributed by atoms with van der Waals surface area (Å²) in [6, 6.07) is -1.02. The first-order valence-corrected chi connectivity index (χ1v) is 17.3. The Bertz CT molecular complexity index is 1440. The smallest absolute Gasteiger partial charge is 0.480 e. The van der Waals surface area contributed by atoms with Gasteiger partial charge in [-0.2, -0.15) is 4.31 Å². The Morgan fingerprint density at radius 2 is 1.62 bits per heavy atom. The van der Waals surface area contributed by atoms with Gasteiger partial charge in [0.2, 0.25) is 0 Å². The lowest BCUT2D eigenvalue weighted by Gasteiger charge is -2.20. The average molecular weight is 714 g/mol. The molecule has 10 N–H and O–H groups in total. The Hall–Kier alpha value is -2.33. The summed E-state index contributed by atoms with van der Waals surface area (Å²) in [5.41, 5.74) is 5.59. The van der Waals surface area contributed by atoms with Gasteiger partial charge >= 0.3 is 21.6 Å². The SMILES string of the molecule is N=C(CCCCC(N)C(=O)O)C[C@H]1O[C@H](COP(=O)(O)OP(=O)(O)OCC2O[C@@H](n3cnc4c3N=CCC4=O)[C@H](O)[C@@H]2O)[C@@H](O)[C@H]1O. The zero-order valence-electron chi connectivity index (χ0n) is 24.6. The number of hydrogen-bond acceptors (Lipinski definition) is 17. The predicted molar refractivity (Wildman–Crippen MR) is 155 cm³/mol. The molecule has 1 aromatic rings. The number of nitrogens with zero attached hydrogens (tertiary/aromatic N) is 3. The molecule has 23 heteroatoms. The van der Waals surface area contributed by atoms with Crippen molar-refractivity contribution in [3.8, 4) is 0 Å². The molecule has 11 atom stereocenters. The van der Waals surface area contributed by atoms with Gasteiger partial charge < -0.3 is 55.9 Å². The highest BCUT2D eigenvalue weighted by atomic mass is 31.3. The number of nitrogens with one attached hydrogen (secondary N) is 1. The van der Waals surface area contributed by atoms with E-state index in [1.807, 2.05) is 0 Å². The topological polar surface area (TPSA) is 336 Å². The average Bonchev–Trinajstić information content (AvgIpc) is 3.63. The van der Waals surface area contributed by atoms with Gasteiger partial charge in [-0.1, -0.05) is 6.42 Å². The Kier molecular flexibility index (Phi) is 12.3. The van der Waals surface area contributed by atoms with Crippen molar-refractivity contribution >= 4 is 45.1 Å². The minimum Gasteiger partial charge on any atom is -0.480 e. The molecular formula is C24H37N5O16P2. The lowest BCUT2D eigenvalue weighted by Crippen LogP contribution is -2.34. The van der Waals surface area contributed by atoms with Crippen LogP contribution in [-0.4, -0.2) is 131 Å². The van der Waals surface area contributed by atoms with Gasteiger partial charge in [-0.15, -0.1) is 0 Å². The zero-order chi connectivity index (χ0) is 34.7. The van der Waals surface area contributed by atoms with Crippen molar-refractivity contribution in [2.24, 2.45) is 10.7 Å². The second-order valence-corrected chi connectivity index (χ2v) is 14.2. The molecule has 0 radical (unpaired) electrons. The number of phosphoric ester groups is 2. The number of carboxylic acids is 1. The summed E-state index contributed by atoms with van der Waals surface area (Å²) in [7, 11) is -10.8. The van der Waals surface area contributed by atoms with Crippen LogP contribution in [0.2, 0.25) is 0 Å². The third-order valence-corrected chi connectivity index (χ3v) is 10.2. The minimum atomic E-state index is -5.38. The van der Waals surface area contributed by atoms with Crippen LogP contribution in [0.4, 0.5) is 5.82 Å². The van der Waals surface area contributed by atoms with E-state index in [0.29, 0.717) is 12.8 Å². The number of carbonyl (C=O) groups is 2. The van der Waals surface area contributed by atoms with Gasteiger partial charge in [-0.3, -0.25) is 23.2 Å². The Labute approximate surface area is 266 Å². The molecule has 0 saturated carbocycles. The molecule has 2 saturated heterocycles. The van der Waals surface area contributed by atoms with Crippen molar-refractivity contribution in [3.63, 3.8) is 0 Å². The standard InChI is InChI=1S/C24H37N5O16P2/c25-11(3-1-2-4-12(26)24(35)36)7-14-18(31)19(32)15(43-14)8-41-46(37,38)45-47(39,40)42-9-16-20(33)21(34)23(44-16)29-10-28-17-13(30)5-6-27-22(17)29/h6,10,12,14-16,18-21,23,25,31-34H,1-5,7-9,26H2,(H,35,36)(H,37,38)(H,39,40)/t12?,14-,15-,16?,18+,19-,20-,21-,23-/m1/s1. The second kappa shape index (κ2) is 15.5. The van der Waals surface area contributed by atoms with Crippen LogP contribution in [0.1, 0.15) is 55.2 Å². The van der Waals surface area contributed by atoms with Gasteiger partial charge in [0.25, 0.3) is 0 Å². The number of carboxylic acid groups (broad SMARTS) is 1. The number of ether oxygens (including phenoxy) is 2. The number of nitrogens with two attached hydrogens (primary N) is 1. The molecule has 0 aromatic carbocycles. The first-order valence-electron chi connectivity index (χ1n) is 14.4. The Morgan fingerprint density at radius 1 is 1.02 bits per heavy atom. The lowest BCUT2D eigenvalue weighted by molar-refractivity contribution is -0.138. The molecule has 3 aliphatic heterocycles. The molecule has 2 fully saturated rings. The first-order chi connectivity index (χ1) is 22.0. The fourth-order valence-corrected chi connectivity index (χ4v) is 7.18. The van der Waals surface area contributed by atoms with Gasteiger partial charge in [0.05, 0.1) is 25.6 Å². The normalized spacial score (nSPS) is 32.1. The van der Waals surface area contributed by atoms with Crippen LogP contribution in [0.5, 0.6) is 0 Å². The van der Waals surface area contributed by atoms with Gasteiger partial charge in [-0.25, -0.2) is 19.1 Å². The summed E-state index contributed by atoms with van der Waals surface area (Å²) < 4.78 is 50.6. The number of imidazole rings is 1. The van der Waals surface area contributed by atoms with Crippen molar-refractivity contribution in [1.29, 1.82) is 5.41 Å². The van der Waals surface area contributed by atoms with Crippen LogP contribution in [0, 0.1) is 5.41 Å². The number of phosphoric acid groups is 2. The molecular weight excluding hydrogens is 676 g/mol. The molecule has 0 bridgehead atoms. The number of aliphatic hydroxyl groups is 4. The third kappa shape index (κ3) is 9.43. The van der Waals surface area contributed by atoms with E-state index in [0.717, 1.165) is 6.33 Å². The van der Waals surface area contributed by atoms with Crippen molar-refractivity contribution in [1.82, 2.24) is 9.55 Å². The lowest BCUT2D eigenvalue weighted by atomic mass is 10.00. The maximum absolute atomic E-state index is 12.4. The Balaban J connectivity index is 1.23. The number of unbranched alkanes of at least 4 members (excludes halogenated alkanes) is 1. The zero-order valence-corrected chi connectivity index (χ0v) is 26.4. The van der Waals surface area contributed by atoms with Crippen LogP contribution >= 0.6 is 15.6 Å². The highest BCUT2D eigenvalue weighted by molar-refractivity contribution is 7.61. The molecule has 0 amide bonds. The number of carbonyl (C=O) groups excluding carboxylic acids is 1. The van der Waals surface area contributed by atoms with Crippen molar-refractivity contribution in [3.05, 3.63) is 12.0 Å². The van der Waals surface area contributed by atoms with E-state index >= 15 is 0 Å². The van der Waals surface area contributed by atoms with Crippen LogP contribution in [0.25, 0.3) is 0 Å². The molecule has 0 spiro atoms. The number of aliphatic carboxylic acids is 1. The van der Waals surface area contributed by atoms with Crippen LogP contribution in [-0.2, 0) is 36.8 Å². The molecule has 3 aliphatic rings. The van der Waals surface area contributed by atoms with E-state index in [1.165, 1.54) is 10.8 Å². The van der Waals surface area contributed by atoms with Crippen LogP contribution in [0.15, 0.2) is 11.3 Å². The minimum absolute atomic E-state index is 0.0252. The Morgan fingerprint density at radius 3 is 2.26 bits per heavy atom. The fraction of sp³-hybridized carbons (Fsp3) is 0.708. The van der Waals surface area contributed by atoms with Crippen molar-refractivity contribution < 1.29 is 76.9 Å². The van der Waals surface area contributed by atoms with E-state index < -0.39 is 89.8 Å². The number of fused-ring (bicyclic) bond motifs is 1. The third-order valence-electron chi connectivity index (χ3n) is 7.61. The monoisotopic (exact) mass is 713 g/mol.